The number of nitrogens with zero attached hydrogens (tertiary/aromatic N) is 1. The van der Waals surface area contributed by atoms with Gasteiger partial charge in [-0.1, -0.05) is 47.2 Å². The summed E-state index contributed by atoms with van der Waals surface area (Å²) in [6, 6.07) is 13.8. The molecule has 7 nitrogen and oxygen atoms in total. The van der Waals surface area contributed by atoms with Crippen LogP contribution in [0.5, 0.6) is 5.75 Å². The maximum atomic E-state index is 12.5. The molecule has 0 aliphatic carbocycles. The van der Waals surface area contributed by atoms with Gasteiger partial charge in [-0.3, -0.25) is 4.79 Å². The molecule has 9 heteroatoms. The lowest BCUT2D eigenvalue weighted by molar-refractivity contribution is 0.104. The SMILES string of the molecule is COc1ccccc1NC(=O)NCCCNc1ncc(C(=O)c2ccccc2Cl)s1. The molecule has 156 valence electrons. The average molecular weight is 445 g/mol. The summed E-state index contributed by atoms with van der Waals surface area (Å²) in [5.74, 6) is 0.445. The standard InChI is InChI=1S/C21H21ClN4O3S/c1-29-17-10-5-4-9-16(17)26-20(28)23-11-6-12-24-21-25-13-18(30-21)19(27)14-7-2-3-8-15(14)22/h2-5,7-10,13H,6,11-12H2,1H3,(H,24,25)(H2,23,26,28). The minimum absolute atomic E-state index is 0.152. The Bertz CT molecular complexity index is 1020. The number of para-hydroxylation sites is 2. The smallest absolute Gasteiger partial charge is 0.319 e. The van der Waals surface area contributed by atoms with Crippen LogP contribution in [0.3, 0.4) is 0 Å². The zero-order chi connectivity index (χ0) is 21.3. The van der Waals surface area contributed by atoms with Gasteiger partial charge < -0.3 is 20.7 Å². The molecule has 3 N–H and O–H groups in total. The predicted molar refractivity (Wildman–Crippen MR) is 120 cm³/mol. The van der Waals surface area contributed by atoms with Crippen LogP contribution in [-0.2, 0) is 0 Å². The van der Waals surface area contributed by atoms with Crippen molar-refractivity contribution in [2.24, 2.45) is 0 Å². The van der Waals surface area contributed by atoms with E-state index in [0.29, 0.717) is 51.5 Å². The van der Waals surface area contributed by atoms with Crippen LogP contribution >= 0.6 is 22.9 Å². The highest BCUT2D eigenvalue weighted by Gasteiger charge is 2.15. The number of thiazole rings is 1. The van der Waals surface area contributed by atoms with E-state index in [1.165, 1.54) is 17.5 Å². The van der Waals surface area contributed by atoms with Crippen molar-refractivity contribution < 1.29 is 14.3 Å². The van der Waals surface area contributed by atoms with Crippen LogP contribution in [0.15, 0.2) is 54.7 Å². The number of ether oxygens (including phenoxy) is 1. The molecule has 0 unspecified atom stereocenters. The van der Waals surface area contributed by atoms with Crippen LogP contribution in [0.4, 0.5) is 15.6 Å². The fourth-order valence-corrected chi connectivity index (χ4v) is 3.66. The van der Waals surface area contributed by atoms with Gasteiger partial charge in [-0.2, -0.15) is 0 Å². The van der Waals surface area contributed by atoms with Gasteiger partial charge in [0.15, 0.2) is 5.13 Å². The fraction of sp³-hybridized carbons (Fsp3) is 0.190. The summed E-state index contributed by atoms with van der Waals surface area (Å²) < 4.78 is 5.20. The number of halogens is 1. The minimum Gasteiger partial charge on any atom is -0.495 e. The van der Waals surface area contributed by atoms with E-state index in [9.17, 15) is 9.59 Å². The Morgan fingerprint density at radius 3 is 2.67 bits per heavy atom. The topological polar surface area (TPSA) is 92.3 Å². The summed E-state index contributed by atoms with van der Waals surface area (Å²) in [7, 11) is 1.55. The molecule has 2 aromatic carbocycles. The van der Waals surface area contributed by atoms with Gasteiger partial charge in [0.1, 0.15) is 5.75 Å². The number of methoxy groups -OCH3 is 1. The van der Waals surface area contributed by atoms with Crippen molar-refractivity contribution in [3.63, 3.8) is 0 Å². The predicted octanol–water partition coefficient (Wildman–Crippen LogP) is 4.66. The summed E-state index contributed by atoms with van der Waals surface area (Å²) in [6.07, 6.45) is 2.23. The third kappa shape index (κ3) is 5.71. The van der Waals surface area contributed by atoms with Gasteiger partial charge in [0, 0.05) is 18.7 Å². The van der Waals surface area contributed by atoms with Crippen molar-refractivity contribution in [3.05, 3.63) is 70.2 Å². The van der Waals surface area contributed by atoms with Crippen molar-refractivity contribution >= 4 is 45.6 Å². The maximum absolute atomic E-state index is 12.5. The molecule has 30 heavy (non-hydrogen) atoms. The molecule has 0 fully saturated rings. The Kier molecular flexibility index (Phi) is 7.64. The number of urea groups is 1. The van der Waals surface area contributed by atoms with E-state index in [0.717, 1.165) is 0 Å². The van der Waals surface area contributed by atoms with Gasteiger partial charge >= 0.3 is 6.03 Å². The number of anilines is 2. The average Bonchev–Trinajstić information content (AvgIpc) is 3.23. The summed E-state index contributed by atoms with van der Waals surface area (Å²) in [5.41, 5.74) is 1.06. The summed E-state index contributed by atoms with van der Waals surface area (Å²) in [5, 5.41) is 9.76. The van der Waals surface area contributed by atoms with Crippen LogP contribution in [0.2, 0.25) is 5.02 Å². The molecule has 0 aliphatic rings. The van der Waals surface area contributed by atoms with Gasteiger partial charge in [-0.15, -0.1) is 0 Å². The first-order valence-corrected chi connectivity index (χ1v) is 10.4. The Balaban J connectivity index is 1.40. The number of carbonyl (C=O) groups excluding carboxylic acids is 2. The number of aromatic nitrogens is 1. The van der Waals surface area contributed by atoms with Crippen LogP contribution in [0.1, 0.15) is 21.7 Å². The first-order chi connectivity index (χ1) is 14.6. The zero-order valence-corrected chi connectivity index (χ0v) is 17.8. The monoisotopic (exact) mass is 444 g/mol. The number of rotatable bonds is 9. The number of hydrogen-bond acceptors (Lipinski definition) is 6. The molecular formula is C21H21ClN4O3S. The fourth-order valence-electron chi connectivity index (χ4n) is 2.64. The summed E-state index contributed by atoms with van der Waals surface area (Å²) in [4.78, 5) is 29.3. The number of hydrogen-bond donors (Lipinski definition) is 3. The Morgan fingerprint density at radius 2 is 1.87 bits per heavy atom. The van der Waals surface area contributed by atoms with Crippen LogP contribution in [-0.4, -0.2) is 37.0 Å². The van der Waals surface area contributed by atoms with Crippen LogP contribution in [0.25, 0.3) is 0 Å². The minimum atomic E-state index is -0.304. The molecule has 0 aliphatic heterocycles. The number of amides is 2. The molecule has 1 heterocycles. The van der Waals surface area contributed by atoms with Gasteiger partial charge in [0.25, 0.3) is 0 Å². The van der Waals surface area contributed by atoms with E-state index in [1.54, 1.807) is 43.5 Å². The van der Waals surface area contributed by atoms with E-state index in [1.807, 2.05) is 12.1 Å². The summed E-state index contributed by atoms with van der Waals surface area (Å²) in [6.45, 7) is 1.08. The second-order valence-electron chi connectivity index (χ2n) is 6.20. The zero-order valence-electron chi connectivity index (χ0n) is 16.3. The third-order valence-electron chi connectivity index (χ3n) is 4.12. The van der Waals surface area contributed by atoms with Crippen molar-refractivity contribution in [2.45, 2.75) is 6.42 Å². The van der Waals surface area contributed by atoms with Gasteiger partial charge in [0.2, 0.25) is 5.78 Å². The molecule has 0 atom stereocenters. The quantitative estimate of drug-likeness (QED) is 0.329. The van der Waals surface area contributed by atoms with Crippen molar-refractivity contribution in [1.82, 2.24) is 10.3 Å². The molecule has 0 saturated heterocycles. The maximum Gasteiger partial charge on any atom is 0.319 e. The van der Waals surface area contributed by atoms with Crippen molar-refractivity contribution in [1.29, 1.82) is 0 Å². The molecule has 0 radical (unpaired) electrons. The second kappa shape index (κ2) is 10.6. The second-order valence-corrected chi connectivity index (χ2v) is 7.64. The number of ketones is 1. The number of nitrogens with one attached hydrogen (secondary N) is 3. The molecular weight excluding hydrogens is 424 g/mol. The first kappa shape index (κ1) is 21.6. The van der Waals surface area contributed by atoms with Crippen molar-refractivity contribution in [2.75, 3.05) is 30.8 Å². The largest absolute Gasteiger partial charge is 0.495 e. The van der Waals surface area contributed by atoms with Crippen LogP contribution < -0.4 is 20.7 Å². The normalized spacial score (nSPS) is 10.3. The molecule has 2 amide bonds. The lowest BCUT2D eigenvalue weighted by atomic mass is 10.1. The molecule has 0 spiro atoms. The Morgan fingerprint density at radius 1 is 1.10 bits per heavy atom. The third-order valence-corrected chi connectivity index (χ3v) is 5.40. The van der Waals surface area contributed by atoms with E-state index in [2.05, 4.69) is 20.9 Å². The molecule has 0 saturated carbocycles. The molecule has 1 aromatic heterocycles. The van der Waals surface area contributed by atoms with E-state index in [4.69, 9.17) is 16.3 Å². The molecule has 0 bridgehead atoms. The number of carbonyl (C=O) groups is 2. The van der Waals surface area contributed by atoms with Gasteiger partial charge in [-0.05, 0) is 30.7 Å². The van der Waals surface area contributed by atoms with Gasteiger partial charge in [0.05, 0.1) is 28.9 Å². The molecule has 3 aromatic rings. The van der Waals surface area contributed by atoms with Crippen LogP contribution in [0, 0.1) is 0 Å². The Labute approximate surface area is 183 Å². The van der Waals surface area contributed by atoms with E-state index < -0.39 is 0 Å². The first-order valence-electron chi connectivity index (χ1n) is 9.25. The number of benzene rings is 2. The van der Waals surface area contributed by atoms with E-state index >= 15 is 0 Å². The highest BCUT2D eigenvalue weighted by atomic mass is 35.5. The lowest BCUT2D eigenvalue weighted by Gasteiger charge is -2.11. The van der Waals surface area contributed by atoms with Gasteiger partial charge in [-0.25, -0.2) is 9.78 Å². The Hall–Kier alpha value is -3.10. The highest BCUT2D eigenvalue weighted by molar-refractivity contribution is 7.17. The lowest BCUT2D eigenvalue weighted by Crippen LogP contribution is -2.30. The van der Waals surface area contributed by atoms with E-state index in [-0.39, 0.29) is 11.8 Å². The summed E-state index contributed by atoms with van der Waals surface area (Å²) >= 11 is 7.36. The van der Waals surface area contributed by atoms with Crippen molar-refractivity contribution in [3.8, 4) is 5.75 Å². The molecule has 3 rings (SSSR count). The highest BCUT2D eigenvalue weighted by Crippen LogP contribution is 2.25.